The van der Waals surface area contributed by atoms with E-state index in [4.69, 9.17) is 14.4 Å². The highest BCUT2D eigenvalue weighted by Gasteiger charge is 2.18. The Morgan fingerprint density at radius 1 is 0.477 bits per heavy atom. The molecule has 4 nitrogen and oxygen atoms in total. The first kappa shape index (κ1) is 24.6. The average Bonchev–Trinajstić information content (AvgIpc) is 3.68. The molecule has 0 amide bonds. The molecule has 4 heteroatoms. The summed E-state index contributed by atoms with van der Waals surface area (Å²) in [5.74, 6) is 0.923. The highest BCUT2D eigenvalue weighted by atomic mass is 16.3. The van der Waals surface area contributed by atoms with Gasteiger partial charge in [0.15, 0.2) is 0 Å². The number of hydrogen-bond acceptors (Lipinski definition) is 3. The van der Waals surface area contributed by atoms with E-state index in [1.165, 1.54) is 0 Å². The molecule has 0 aliphatic heterocycles. The van der Waals surface area contributed by atoms with Crippen molar-refractivity contribution in [2.45, 2.75) is 0 Å². The van der Waals surface area contributed by atoms with Gasteiger partial charge in [-0.2, -0.15) is 0 Å². The SMILES string of the molecule is c1ccc(-n2c(-c3ccc(-c4cccc(-c5nc6ccccc6c6oc7ccccc7c56)c4)cc3)nc3ccccc32)cc1. The fourth-order valence-electron chi connectivity index (χ4n) is 6.33. The molecule has 3 aromatic heterocycles. The third-order valence-electron chi connectivity index (χ3n) is 8.40. The van der Waals surface area contributed by atoms with Crippen LogP contribution in [-0.2, 0) is 0 Å². The molecule has 0 aliphatic carbocycles. The van der Waals surface area contributed by atoms with Crippen molar-refractivity contribution in [2.24, 2.45) is 0 Å². The van der Waals surface area contributed by atoms with E-state index in [1.54, 1.807) is 0 Å². The maximum atomic E-state index is 6.41. The lowest BCUT2D eigenvalue weighted by atomic mass is 9.97. The number of para-hydroxylation sites is 5. The smallest absolute Gasteiger partial charge is 0.147 e. The molecule has 6 aromatic carbocycles. The van der Waals surface area contributed by atoms with Crippen molar-refractivity contribution in [1.82, 2.24) is 14.5 Å². The molecule has 0 radical (unpaired) electrons. The Kier molecular flexibility index (Phi) is 5.47. The molecule has 0 aliphatic rings. The van der Waals surface area contributed by atoms with Crippen molar-refractivity contribution < 1.29 is 4.42 Å². The quantitative estimate of drug-likeness (QED) is 0.214. The summed E-state index contributed by atoms with van der Waals surface area (Å²) in [7, 11) is 0. The first-order chi connectivity index (χ1) is 21.8. The van der Waals surface area contributed by atoms with Crippen LogP contribution in [0.25, 0.3) is 83.3 Å². The Balaban J connectivity index is 1.17. The Bertz CT molecular complexity index is 2490. The molecule has 0 bridgehead atoms. The number of rotatable bonds is 4. The maximum absolute atomic E-state index is 6.41. The number of imidazole rings is 1. The molecule has 0 atom stereocenters. The molecule has 0 spiro atoms. The first-order valence-corrected chi connectivity index (χ1v) is 14.8. The molecular weight excluding hydrogens is 538 g/mol. The fraction of sp³-hybridized carbons (Fsp3) is 0. The summed E-state index contributed by atoms with van der Waals surface area (Å²) >= 11 is 0. The average molecular weight is 564 g/mol. The lowest BCUT2D eigenvalue weighted by Gasteiger charge is -2.11. The molecule has 0 N–H and O–H groups in total. The number of pyridine rings is 1. The van der Waals surface area contributed by atoms with Crippen LogP contribution in [0.5, 0.6) is 0 Å². The second-order valence-electron chi connectivity index (χ2n) is 11.0. The van der Waals surface area contributed by atoms with Crippen LogP contribution in [0.1, 0.15) is 0 Å². The zero-order chi connectivity index (χ0) is 29.0. The van der Waals surface area contributed by atoms with Crippen LogP contribution in [0.4, 0.5) is 0 Å². The number of nitrogens with zero attached hydrogens (tertiary/aromatic N) is 3. The van der Waals surface area contributed by atoms with Crippen LogP contribution in [0, 0.1) is 0 Å². The summed E-state index contributed by atoms with van der Waals surface area (Å²) in [5.41, 5.74) is 11.1. The highest BCUT2D eigenvalue weighted by Crippen LogP contribution is 2.40. The third-order valence-corrected chi connectivity index (χ3v) is 8.40. The normalized spacial score (nSPS) is 11.6. The maximum Gasteiger partial charge on any atom is 0.147 e. The van der Waals surface area contributed by atoms with E-state index in [0.717, 1.165) is 83.3 Å². The fourth-order valence-corrected chi connectivity index (χ4v) is 6.33. The van der Waals surface area contributed by atoms with E-state index in [-0.39, 0.29) is 0 Å². The molecule has 0 saturated carbocycles. The molecule has 9 aromatic rings. The second-order valence-corrected chi connectivity index (χ2v) is 11.0. The first-order valence-electron chi connectivity index (χ1n) is 14.8. The molecule has 3 heterocycles. The van der Waals surface area contributed by atoms with Crippen molar-refractivity contribution in [3.63, 3.8) is 0 Å². The van der Waals surface area contributed by atoms with Gasteiger partial charge in [0.25, 0.3) is 0 Å². The van der Waals surface area contributed by atoms with Crippen LogP contribution in [0.2, 0.25) is 0 Å². The number of fused-ring (bicyclic) bond motifs is 6. The van der Waals surface area contributed by atoms with E-state index in [0.29, 0.717) is 0 Å². The van der Waals surface area contributed by atoms with E-state index in [9.17, 15) is 0 Å². The number of furan rings is 1. The minimum absolute atomic E-state index is 0.871. The topological polar surface area (TPSA) is 43.9 Å². The largest absolute Gasteiger partial charge is 0.455 e. The Morgan fingerprint density at radius 2 is 1.16 bits per heavy atom. The van der Waals surface area contributed by atoms with Gasteiger partial charge in [-0.15, -0.1) is 0 Å². The van der Waals surface area contributed by atoms with E-state index < -0.39 is 0 Å². The number of aromatic nitrogens is 3. The van der Waals surface area contributed by atoms with Crippen molar-refractivity contribution >= 4 is 43.9 Å². The van der Waals surface area contributed by atoms with Crippen LogP contribution >= 0.6 is 0 Å². The number of hydrogen-bond donors (Lipinski definition) is 0. The second kappa shape index (κ2) is 9.79. The summed E-state index contributed by atoms with van der Waals surface area (Å²) in [5, 5.41) is 3.15. The van der Waals surface area contributed by atoms with Crippen molar-refractivity contribution in [1.29, 1.82) is 0 Å². The predicted molar refractivity (Wildman–Crippen MR) is 180 cm³/mol. The standard InChI is InChI=1S/C40H25N3O/c1-2-13-30(14-3-1)43-35-19-8-7-18-34(35)42-40(43)27-23-21-26(22-24-27)28-11-10-12-29(25-28)38-37-32-16-5-9-20-36(32)44-39(37)31-15-4-6-17-33(31)41-38/h1-25H. The van der Waals surface area contributed by atoms with Crippen molar-refractivity contribution in [3.05, 3.63) is 152 Å². The third kappa shape index (κ3) is 3.85. The van der Waals surface area contributed by atoms with Gasteiger partial charge < -0.3 is 4.42 Å². The van der Waals surface area contributed by atoms with Crippen LogP contribution in [-0.4, -0.2) is 14.5 Å². The zero-order valence-corrected chi connectivity index (χ0v) is 23.7. The van der Waals surface area contributed by atoms with Gasteiger partial charge in [0, 0.05) is 27.6 Å². The van der Waals surface area contributed by atoms with Crippen molar-refractivity contribution in [2.75, 3.05) is 0 Å². The molecule has 0 unspecified atom stereocenters. The van der Waals surface area contributed by atoms with Gasteiger partial charge in [0.2, 0.25) is 0 Å². The van der Waals surface area contributed by atoms with Gasteiger partial charge in [-0.1, -0.05) is 103 Å². The zero-order valence-electron chi connectivity index (χ0n) is 23.7. The van der Waals surface area contributed by atoms with E-state index >= 15 is 0 Å². The van der Waals surface area contributed by atoms with Gasteiger partial charge in [-0.05, 0) is 59.7 Å². The Morgan fingerprint density at radius 3 is 2.02 bits per heavy atom. The predicted octanol–water partition coefficient (Wildman–Crippen LogP) is 10.5. The van der Waals surface area contributed by atoms with Gasteiger partial charge in [0.05, 0.1) is 27.6 Å². The molecule has 206 valence electrons. The Labute approximate surface area is 253 Å². The lowest BCUT2D eigenvalue weighted by molar-refractivity contribution is 0.672. The van der Waals surface area contributed by atoms with Gasteiger partial charge >= 0.3 is 0 Å². The van der Waals surface area contributed by atoms with Crippen LogP contribution in [0.15, 0.2) is 156 Å². The molecule has 0 fully saturated rings. The summed E-state index contributed by atoms with van der Waals surface area (Å²) in [6.07, 6.45) is 0. The summed E-state index contributed by atoms with van der Waals surface area (Å²) in [6.45, 7) is 0. The summed E-state index contributed by atoms with van der Waals surface area (Å²) in [6, 6.07) is 52.4. The van der Waals surface area contributed by atoms with Gasteiger partial charge in [-0.3, -0.25) is 4.57 Å². The summed E-state index contributed by atoms with van der Waals surface area (Å²) in [4.78, 5) is 10.2. The van der Waals surface area contributed by atoms with Gasteiger partial charge in [-0.25, -0.2) is 9.97 Å². The molecule has 0 saturated heterocycles. The Hall–Kier alpha value is -6.00. The molecule has 9 rings (SSSR count). The van der Waals surface area contributed by atoms with Crippen LogP contribution < -0.4 is 0 Å². The molecular formula is C40H25N3O. The van der Waals surface area contributed by atoms with Crippen LogP contribution in [0.3, 0.4) is 0 Å². The summed E-state index contributed by atoms with van der Waals surface area (Å²) < 4.78 is 8.65. The minimum atomic E-state index is 0.871. The monoisotopic (exact) mass is 563 g/mol. The van der Waals surface area contributed by atoms with E-state index in [2.05, 4.69) is 120 Å². The van der Waals surface area contributed by atoms with E-state index in [1.807, 2.05) is 36.4 Å². The minimum Gasteiger partial charge on any atom is -0.455 e. The number of benzene rings is 6. The lowest BCUT2D eigenvalue weighted by Crippen LogP contribution is -1.97. The molecule has 44 heavy (non-hydrogen) atoms. The highest BCUT2D eigenvalue weighted by molar-refractivity contribution is 6.19. The van der Waals surface area contributed by atoms with Crippen molar-refractivity contribution in [3.8, 4) is 39.5 Å². The van der Waals surface area contributed by atoms with Gasteiger partial charge in [0.1, 0.15) is 17.0 Å².